The van der Waals surface area contributed by atoms with Crippen LogP contribution < -0.4 is 5.32 Å². The molecule has 0 aliphatic rings. The second kappa shape index (κ2) is 6.28. The number of benzene rings is 1. The van der Waals surface area contributed by atoms with Crippen LogP contribution in [-0.2, 0) is 6.18 Å². The lowest BCUT2D eigenvalue weighted by Crippen LogP contribution is -2.18. The van der Waals surface area contributed by atoms with E-state index in [0.717, 1.165) is 12.5 Å². The molecule has 0 fully saturated rings. The number of halogens is 3. The molecule has 0 amide bonds. The van der Waals surface area contributed by atoms with Crippen molar-refractivity contribution in [3.05, 3.63) is 42.0 Å². The summed E-state index contributed by atoms with van der Waals surface area (Å²) < 4.78 is 38.7. The minimum atomic E-state index is -4.48. The molecular weight excluding hydrogens is 253 g/mol. The smallest absolute Gasteiger partial charge is 0.382 e. The highest BCUT2D eigenvalue weighted by atomic mass is 19.4. The Kier molecular flexibility index (Phi) is 4.99. The summed E-state index contributed by atoms with van der Waals surface area (Å²) in [5, 5.41) is 11.5. The topological polar surface area (TPSA) is 35.8 Å². The molecule has 0 spiro atoms. The Labute approximate surface area is 110 Å². The molecule has 102 valence electrons. The van der Waals surface area contributed by atoms with Crippen LogP contribution in [0.3, 0.4) is 0 Å². The molecule has 1 aromatic carbocycles. The van der Waals surface area contributed by atoms with E-state index in [1.807, 2.05) is 6.92 Å². The lowest BCUT2D eigenvalue weighted by Gasteiger charge is -2.19. The van der Waals surface area contributed by atoms with Crippen LogP contribution in [0.4, 0.5) is 18.9 Å². The molecule has 0 bridgehead atoms. The van der Waals surface area contributed by atoms with Crippen LogP contribution in [0, 0.1) is 11.3 Å². The van der Waals surface area contributed by atoms with Crippen LogP contribution in [-0.4, -0.2) is 6.04 Å². The highest BCUT2D eigenvalue weighted by molar-refractivity contribution is 5.56. The van der Waals surface area contributed by atoms with Crippen LogP contribution in [0.5, 0.6) is 0 Å². The zero-order chi connectivity index (χ0) is 14.5. The highest BCUT2D eigenvalue weighted by Gasteiger charge is 2.34. The van der Waals surface area contributed by atoms with E-state index in [0.29, 0.717) is 6.42 Å². The Morgan fingerprint density at radius 3 is 2.68 bits per heavy atom. The molecule has 0 radical (unpaired) electrons. The fourth-order valence-corrected chi connectivity index (χ4v) is 1.68. The first-order valence-electron chi connectivity index (χ1n) is 5.87. The van der Waals surface area contributed by atoms with E-state index in [2.05, 4.69) is 11.9 Å². The van der Waals surface area contributed by atoms with Gasteiger partial charge in [0.05, 0.1) is 17.2 Å². The van der Waals surface area contributed by atoms with Gasteiger partial charge >= 0.3 is 6.18 Å². The van der Waals surface area contributed by atoms with Gasteiger partial charge in [-0.15, -0.1) is 6.58 Å². The van der Waals surface area contributed by atoms with E-state index in [9.17, 15) is 13.2 Å². The average molecular weight is 268 g/mol. The van der Waals surface area contributed by atoms with Gasteiger partial charge in [0.1, 0.15) is 0 Å². The Balaban J connectivity index is 3.00. The molecule has 5 heteroatoms. The van der Waals surface area contributed by atoms with Gasteiger partial charge in [0.2, 0.25) is 0 Å². The molecule has 19 heavy (non-hydrogen) atoms. The van der Waals surface area contributed by atoms with Gasteiger partial charge in [-0.2, -0.15) is 18.4 Å². The molecule has 1 unspecified atom stereocenters. The Bertz CT molecular complexity index is 486. The maximum Gasteiger partial charge on any atom is 0.418 e. The number of anilines is 1. The summed E-state index contributed by atoms with van der Waals surface area (Å²) in [5.74, 6) is 0. The normalized spacial score (nSPS) is 12.6. The zero-order valence-corrected chi connectivity index (χ0v) is 10.6. The standard InChI is InChI=1S/C14H15F3N2/c1-3-4-5-10(2)19-13-7-6-11(9-18)8-12(13)14(15,16)17/h3,6-8,10,19H,1,4-5H2,2H3. The fraction of sp³-hybridized carbons (Fsp3) is 0.357. The van der Waals surface area contributed by atoms with Gasteiger partial charge in [0.25, 0.3) is 0 Å². The second-order valence-corrected chi connectivity index (χ2v) is 4.28. The minimum Gasteiger partial charge on any atom is -0.382 e. The molecule has 0 aliphatic carbocycles. The van der Waals surface area contributed by atoms with Crippen molar-refractivity contribution in [1.29, 1.82) is 5.26 Å². The average Bonchev–Trinajstić information content (AvgIpc) is 2.35. The fourth-order valence-electron chi connectivity index (χ4n) is 1.68. The summed E-state index contributed by atoms with van der Waals surface area (Å²) in [7, 11) is 0. The summed E-state index contributed by atoms with van der Waals surface area (Å²) in [5.41, 5.74) is -0.809. The van der Waals surface area contributed by atoms with Crippen LogP contribution in [0.25, 0.3) is 0 Å². The van der Waals surface area contributed by atoms with E-state index >= 15 is 0 Å². The minimum absolute atomic E-state index is 0.00284. The highest BCUT2D eigenvalue weighted by Crippen LogP contribution is 2.35. The third kappa shape index (κ3) is 4.32. The van der Waals surface area contributed by atoms with Gasteiger partial charge in [-0.25, -0.2) is 0 Å². The quantitative estimate of drug-likeness (QED) is 0.806. The zero-order valence-electron chi connectivity index (χ0n) is 10.6. The van der Waals surface area contributed by atoms with E-state index < -0.39 is 11.7 Å². The third-order valence-corrected chi connectivity index (χ3v) is 2.66. The predicted octanol–water partition coefficient (Wildman–Crippen LogP) is 4.34. The van der Waals surface area contributed by atoms with E-state index in [4.69, 9.17) is 5.26 Å². The van der Waals surface area contributed by atoms with Gasteiger partial charge in [0.15, 0.2) is 0 Å². The lowest BCUT2D eigenvalue weighted by molar-refractivity contribution is -0.137. The molecule has 0 aromatic heterocycles. The predicted molar refractivity (Wildman–Crippen MR) is 68.7 cm³/mol. The molecule has 0 aliphatic heterocycles. The summed E-state index contributed by atoms with van der Waals surface area (Å²) in [6.45, 7) is 5.38. The lowest BCUT2D eigenvalue weighted by atomic mass is 10.1. The third-order valence-electron chi connectivity index (χ3n) is 2.66. The van der Waals surface area contributed by atoms with Gasteiger partial charge in [-0.1, -0.05) is 6.08 Å². The molecule has 1 N–H and O–H groups in total. The Hall–Kier alpha value is -1.96. The molecule has 0 saturated heterocycles. The molecule has 0 saturated carbocycles. The first kappa shape index (κ1) is 15.1. The Morgan fingerprint density at radius 2 is 2.16 bits per heavy atom. The molecular formula is C14H15F3N2. The number of nitriles is 1. The summed E-state index contributed by atoms with van der Waals surface area (Å²) >= 11 is 0. The van der Waals surface area contributed by atoms with E-state index in [1.165, 1.54) is 12.1 Å². The van der Waals surface area contributed by atoms with Crippen molar-refractivity contribution in [2.75, 3.05) is 5.32 Å². The van der Waals surface area contributed by atoms with Crippen LogP contribution in [0.15, 0.2) is 30.9 Å². The van der Waals surface area contributed by atoms with Crippen LogP contribution in [0.2, 0.25) is 0 Å². The van der Waals surface area contributed by atoms with Crippen LogP contribution >= 0.6 is 0 Å². The second-order valence-electron chi connectivity index (χ2n) is 4.28. The summed E-state index contributed by atoms with van der Waals surface area (Å²) in [4.78, 5) is 0. The van der Waals surface area contributed by atoms with E-state index in [1.54, 1.807) is 12.1 Å². The summed E-state index contributed by atoms with van der Waals surface area (Å²) in [6, 6.07) is 5.14. The number of hydrogen-bond donors (Lipinski definition) is 1. The van der Waals surface area contributed by atoms with Crippen molar-refractivity contribution < 1.29 is 13.2 Å². The van der Waals surface area contributed by atoms with Crippen LogP contribution in [0.1, 0.15) is 30.9 Å². The maximum absolute atomic E-state index is 12.9. The molecule has 2 nitrogen and oxygen atoms in total. The Morgan fingerprint density at radius 1 is 1.47 bits per heavy atom. The molecule has 1 rings (SSSR count). The number of nitrogens with zero attached hydrogens (tertiary/aromatic N) is 1. The van der Waals surface area contributed by atoms with Crippen molar-refractivity contribution in [3.63, 3.8) is 0 Å². The molecule has 0 heterocycles. The van der Waals surface area contributed by atoms with Crippen molar-refractivity contribution in [3.8, 4) is 6.07 Å². The van der Waals surface area contributed by atoms with E-state index in [-0.39, 0.29) is 17.3 Å². The number of rotatable bonds is 5. The largest absolute Gasteiger partial charge is 0.418 e. The number of nitrogens with one attached hydrogen (secondary N) is 1. The number of alkyl halides is 3. The maximum atomic E-state index is 12.9. The van der Waals surface area contributed by atoms with Crippen molar-refractivity contribution in [2.45, 2.75) is 32.0 Å². The number of hydrogen-bond acceptors (Lipinski definition) is 2. The SMILES string of the molecule is C=CCCC(C)Nc1ccc(C#N)cc1C(F)(F)F. The van der Waals surface area contributed by atoms with Crippen molar-refractivity contribution in [1.82, 2.24) is 0 Å². The van der Waals surface area contributed by atoms with Gasteiger partial charge in [-0.05, 0) is 38.0 Å². The summed E-state index contributed by atoms with van der Waals surface area (Å²) in [6.07, 6.45) is -1.33. The monoisotopic (exact) mass is 268 g/mol. The number of allylic oxidation sites excluding steroid dienone is 1. The first-order chi connectivity index (χ1) is 8.88. The van der Waals surface area contributed by atoms with Gasteiger partial charge in [-0.3, -0.25) is 0 Å². The van der Waals surface area contributed by atoms with Gasteiger partial charge in [0, 0.05) is 11.7 Å². The van der Waals surface area contributed by atoms with Crippen molar-refractivity contribution in [2.24, 2.45) is 0 Å². The molecule has 1 atom stereocenters. The van der Waals surface area contributed by atoms with Gasteiger partial charge < -0.3 is 5.32 Å². The molecule has 1 aromatic rings. The van der Waals surface area contributed by atoms with Crippen molar-refractivity contribution >= 4 is 5.69 Å². The first-order valence-corrected chi connectivity index (χ1v) is 5.87.